The zero-order chi connectivity index (χ0) is 22.2. The Bertz CT molecular complexity index is 1210. The lowest BCUT2D eigenvalue weighted by Gasteiger charge is -2.34. The number of fused-ring (bicyclic) bond motifs is 3. The van der Waals surface area contributed by atoms with Gasteiger partial charge in [-0.25, -0.2) is 14.4 Å². The number of hydrogen-bond acceptors (Lipinski definition) is 6. The highest BCUT2D eigenvalue weighted by atomic mass is 35.5. The van der Waals surface area contributed by atoms with Crippen LogP contribution < -0.4 is 0 Å². The van der Waals surface area contributed by atoms with Crippen molar-refractivity contribution in [1.82, 2.24) is 14.5 Å². The van der Waals surface area contributed by atoms with Crippen LogP contribution in [0.5, 0.6) is 0 Å². The predicted molar refractivity (Wildman–Crippen MR) is 114 cm³/mol. The minimum absolute atomic E-state index is 0.0839. The lowest BCUT2D eigenvalue weighted by atomic mass is 9.91. The van der Waals surface area contributed by atoms with Crippen molar-refractivity contribution in [3.05, 3.63) is 58.1 Å². The summed E-state index contributed by atoms with van der Waals surface area (Å²) in [6, 6.07) is 7.01. The number of alkyl halides is 1. The van der Waals surface area contributed by atoms with Crippen molar-refractivity contribution >= 4 is 34.2 Å². The largest absolute Gasteiger partial charge is 0.367 e. The van der Waals surface area contributed by atoms with Gasteiger partial charge in [0.15, 0.2) is 12.0 Å². The molecule has 168 valence electrons. The molecule has 0 bridgehead atoms. The van der Waals surface area contributed by atoms with Gasteiger partial charge in [-0.2, -0.15) is 0 Å². The lowest BCUT2D eigenvalue weighted by Crippen LogP contribution is -2.37. The van der Waals surface area contributed by atoms with Crippen LogP contribution >= 0.6 is 23.2 Å². The van der Waals surface area contributed by atoms with Gasteiger partial charge in [0.1, 0.15) is 47.7 Å². The SMILES string of the molecule is CC1(C)O[C@@H]2[C@@H]([C@@H]3OC[C@H](F)c4cc(Cl)ccc43)OC(n3ccc4c(Cl)ncnc43)[C@@H]2O1. The first kappa shape index (κ1) is 20.8. The molecule has 7 nitrogen and oxygen atoms in total. The van der Waals surface area contributed by atoms with Crippen LogP contribution in [0.2, 0.25) is 10.2 Å². The molecule has 1 unspecified atom stereocenters. The van der Waals surface area contributed by atoms with Crippen molar-refractivity contribution < 1.29 is 23.3 Å². The first-order chi connectivity index (χ1) is 15.3. The first-order valence-electron chi connectivity index (χ1n) is 10.4. The molecule has 32 heavy (non-hydrogen) atoms. The summed E-state index contributed by atoms with van der Waals surface area (Å²) in [5.74, 6) is -0.814. The maximum Gasteiger partial charge on any atom is 0.164 e. The van der Waals surface area contributed by atoms with Gasteiger partial charge in [0.25, 0.3) is 0 Å². The van der Waals surface area contributed by atoms with Crippen molar-refractivity contribution in [2.24, 2.45) is 0 Å². The highest BCUT2D eigenvalue weighted by Crippen LogP contribution is 2.50. The summed E-state index contributed by atoms with van der Waals surface area (Å²) in [7, 11) is 0. The van der Waals surface area contributed by atoms with E-state index in [0.717, 1.165) is 0 Å². The molecule has 0 spiro atoms. The number of benzene rings is 1. The summed E-state index contributed by atoms with van der Waals surface area (Å²) in [6.07, 6.45) is -0.478. The Labute approximate surface area is 193 Å². The van der Waals surface area contributed by atoms with Gasteiger partial charge in [-0.05, 0) is 43.2 Å². The molecule has 2 fully saturated rings. The zero-order valence-corrected chi connectivity index (χ0v) is 18.8. The van der Waals surface area contributed by atoms with Crippen LogP contribution in [0.4, 0.5) is 4.39 Å². The quantitative estimate of drug-likeness (QED) is 0.485. The molecule has 3 aliphatic heterocycles. The molecular formula is C22H20Cl2FN3O4. The summed E-state index contributed by atoms with van der Waals surface area (Å²) in [6.45, 7) is 3.64. The minimum Gasteiger partial charge on any atom is -0.367 e. The second kappa shape index (κ2) is 7.35. The molecule has 0 N–H and O–H groups in total. The van der Waals surface area contributed by atoms with E-state index in [1.165, 1.54) is 6.33 Å². The fourth-order valence-electron chi connectivity index (χ4n) is 4.94. The first-order valence-corrected chi connectivity index (χ1v) is 11.1. The Morgan fingerprint density at radius 3 is 2.72 bits per heavy atom. The van der Waals surface area contributed by atoms with Crippen LogP contribution in [-0.2, 0) is 18.9 Å². The van der Waals surface area contributed by atoms with Crippen molar-refractivity contribution in [2.75, 3.05) is 6.61 Å². The summed E-state index contributed by atoms with van der Waals surface area (Å²) < 4.78 is 41.4. The Morgan fingerprint density at radius 2 is 1.88 bits per heavy atom. The fourth-order valence-corrected chi connectivity index (χ4v) is 5.31. The normalized spacial score (nSPS) is 33.4. The van der Waals surface area contributed by atoms with Gasteiger partial charge in [-0.3, -0.25) is 0 Å². The number of nitrogens with zero attached hydrogens (tertiary/aromatic N) is 3. The number of halogens is 3. The van der Waals surface area contributed by atoms with Crippen LogP contribution in [0.25, 0.3) is 11.0 Å². The summed E-state index contributed by atoms with van der Waals surface area (Å²) in [5.41, 5.74) is 1.85. The van der Waals surface area contributed by atoms with Crippen LogP contribution in [0, 0.1) is 0 Å². The second-order valence-electron chi connectivity index (χ2n) is 8.68. The molecule has 3 aromatic rings. The maximum atomic E-state index is 14.6. The molecule has 0 aliphatic carbocycles. The molecule has 10 heteroatoms. The predicted octanol–water partition coefficient (Wildman–Crippen LogP) is 4.94. The zero-order valence-electron chi connectivity index (χ0n) is 17.2. The minimum atomic E-state index is -1.25. The van der Waals surface area contributed by atoms with E-state index >= 15 is 0 Å². The Balaban J connectivity index is 1.42. The third kappa shape index (κ3) is 3.16. The molecular weight excluding hydrogens is 460 g/mol. The van der Waals surface area contributed by atoms with Gasteiger partial charge >= 0.3 is 0 Å². The average Bonchev–Trinajstić information content (AvgIpc) is 3.40. The van der Waals surface area contributed by atoms with Gasteiger partial charge in [0.05, 0.1) is 12.0 Å². The molecule has 2 aromatic heterocycles. The highest BCUT2D eigenvalue weighted by Gasteiger charge is 2.59. The van der Waals surface area contributed by atoms with Crippen LogP contribution in [0.3, 0.4) is 0 Å². The molecule has 5 heterocycles. The molecule has 0 saturated carbocycles. The van der Waals surface area contributed by atoms with E-state index in [1.54, 1.807) is 18.2 Å². The van der Waals surface area contributed by atoms with E-state index in [-0.39, 0.29) is 6.61 Å². The van der Waals surface area contributed by atoms with E-state index < -0.39 is 42.6 Å². The number of hydrogen-bond donors (Lipinski definition) is 0. The standard InChI is InChI=1S/C22H20Cl2FN3O4/c1-22(2)31-17-16(15-11-4-3-10(23)7-13(11)14(25)8-29-15)30-21(18(17)32-22)28-6-5-12-19(24)26-9-27-20(12)28/h3-7,9,14-18,21H,8H2,1-2H3/t14-,15+,16+,17+,18+,21?/m0/s1. The van der Waals surface area contributed by atoms with Gasteiger partial charge in [0, 0.05) is 11.2 Å². The van der Waals surface area contributed by atoms with Gasteiger partial charge in [-0.1, -0.05) is 29.3 Å². The van der Waals surface area contributed by atoms with Crippen molar-refractivity contribution in [3.63, 3.8) is 0 Å². The number of ether oxygens (including phenoxy) is 4. The van der Waals surface area contributed by atoms with Crippen LogP contribution in [0.1, 0.15) is 43.5 Å². The van der Waals surface area contributed by atoms with Crippen molar-refractivity contribution in [2.45, 2.75) is 56.5 Å². The monoisotopic (exact) mass is 479 g/mol. The summed E-state index contributed by atoms with van der Waals surface area (Å²) >= 11 is 12.4. The summed E-state index contributed by atoms with van der Waals surface area (Å²) in [4.78, 5) is 8.43. The molecule has 6 atom stereocenters. The van der Waals surface area contributed by atoms with Gasteiger partial charge in [-0.15, -0.1) is 0 Å². The van der Waals surface area contributed by atoms with Gasteiger partial charge < -0.3 is 23.5 Å². The Morgan fingerprint density at radius 1 is 1.06 bits per heavy atom. The molecule has 0 radical (unpaired) electrons. The highest BCUT2D eigenvalue weighted by molar-refractivity contribution is 6.33. The van der Waals surface area contributed by atoms with Crippen molar-refractivity contribution in [3.8, 4) is 0 Å². The second-order valence-corrected chi connectivity index (χ2v) is 9.47. The topological polar surface area (TPSA) is 67.6 Å². The van der Waals surface area contributed by atoms with Crippen molar-refractivity contribution in [1.29, 1.82) is 0 Å². The van der Waals surface area contributed by atoms with E-state index in [1.807, 2.05) is 30.7 Å². The lowest BCUT2D eigenvalue weighted by molar-refractivity contribution is -0.214. The third-order valence-electron chi connectivity index (χ3n) is 6.21. The Kier molecular flexibility index (Phi) is 4.77. The molecule has 1 aromatic carbocycles. The number of rotatable bonds is 2. The average molecular weight is 480 g/mol. The van der Waals surface area contributed by atoms with E-state index in [9.17, 15) is 4.39 Å². The molecule has 0 amide bonds. The Hall–Kier alpha value is -1.81. The summed E-state index contributed by atoms with van der Waals surface area (Å²) in [5, 5.41) is 1.55. The number of aromatic nitrogens is 3. The fraction of sp³-hybridized carbons (Fsp3) is 0.455. The van der Waals surface area contributed by atoms with Gasteiger partial charge in [0.2, 0.25) is 0 Å². The third-order valence-corrected chi connectivity index (χ3v) is 6.75. The van der Waals surface area contributed by atoms with Crippen LogP contribution in [-0.4, -0.2) is 45.2 Å². The molecule has 2 saturated heterocycles. The smallest absolute Gasteiger partial charge is 0.164 e. The molecule has 3 aliphatic rings. The molecule has 6 rings (SSSR count). The van der Waals surface area contributed by atoms with E-state index in [2.05, 4.69) is 9.97 Å². The maximum absolute atomic E-state index is 14.6. The van der Waals surface area contributed by atoms with E-state index in [0.29, 0.717) is 32.3 Å². The van der Waals surface area contributed by atoms with E-state index in [4.69, 9.17) is 42.1 Å². The van der Waals surface area contributed by atoms with Crippen LogP contribution in [0.15, 0.2) is 36.8 Å².